The summed E-state index contributed by atoms with van der Waals surface area (Å²) in [5.41, 5.74) is -4.78. The van der Waals surface area contributed by atoms with Gasteiger partial charge in [-0.2, -0.15) is 21.6 Å². The summed E-state index contributed by atoms with van der Waals surface area (Å²) in [5.74, 6) is 1.50. The molecule has 0 saturated heterocycles. The van der Waals surface area contributed by atoms with Crippen molar-refractivity contribution in [2.75, 3.05) is 0 Å². The van der Waals surface area contributed by atoms with Crippen LogP contribution in [0.2, 0.25) is 0 Å². The second-order valence-electron chi connectivity index (χ2n) is 9.60. The van der Waals surface area contributed by atoms with Gasteiger partial charge in [-0.25, -0.2) is 0 Å². The van der Waals surface area contributed by atoms with E-state index in [1.807, 2.05) is 13.0 Å². The average Bonchev–Trinajstić information content (AvgIpc) is 2.79. The Bertz CT molecular complexity index is 813. The fourth-order valence-electron chi connectivity index (χ4n) is 6.72. The number of hydrogen-bond acceptors (Lipinski definition) is 3. The quantitative estimate of drug-likeness (QED) is 0.403. The van der Waals surface area contributed by atoms with Gasteiger partial charge in [0.05, 0.1) is 0 Å². The maximum atomic E-state index is 12.8. The lowest BCUT2D eigenvalue weighted by atomic mass is 9.48. The first-order valence-corrected chi connectivity index (χ1v) is 11.8. The van der Waals surface area contributed by atoms with Crippen molar-refractivity contribution in [3.8, 4) is 0 Å². The van der Waals surface area contributed by atoms with Crippen LogP contribution < -0.4 is 0 Å². The van der Waals surface area contributed by atoms with Crippen LogP contribution in [0.25, 0.3) is 0 Å². The molecule has 0 amide bonds. The number of hydrogen-bond donors (Lipinski definition) is 0. The second kappa shape index (κ2) is 6.51. The van der Waals surface area contributed by atoms with Gasteiger partial charge in [0.25, 0.3) is 0 Å². The zero-order valence-corrected chi connectivity index (χ0v) is 17.3. The fraction of sp³-hybridized carbons (Fsp3) is 0.810. The summed E-state index contributed by atoms with van der Waals surface area (Å²) in [7, 11) is -5.64. The van der Waals surface area contributed by atoms with Gasteiger partial charge in [0.15, 0.2) is 0 Å². The van der Waals surface area contributed by atoms with Crippen LogP contribution in [0.1, 0.15) is 71.6 Å². The molecule has 0 aromatic rings. The van der Waals surface area contributed by atoms with Crippen molar-refractivity contribution in [2.24, 2.45) is 28.6 Å². The maximum Gasteiger partial charge on any atom is 0.534 e. The van der Waals surface area contributed by atoms with Gasteiger partial charge in [-0.05, 0) is 74.7 Å². The highest BCUT2D eigenvalue weighted by atomic mass is 32.2. The number of allylic oxidation sites excluding steroid dienone is 3. The maximum absolute atomic E-state index is 12.8. The van der Waals surface area contributed by atoms with E-state index in [-0.39, 0.29) is 11.2 Å². The minimum Gasteiger partial charge on any atom is -0.380 e. The van der Waals surface area contributed by atoms with Gasteiger partial charge >= 0.3 is 15.6 Å². The Balaban J connectivity index is 1.59. The zero-order chi connectivity index (χ0) is 20.4. The summed E-state index contributed by atoms with van der Waals surface area (Å²) in [6.45, 7) is 4.28. The summed E-state index contributed by atoms with van der Waals surface area (Å²) in [6, 6.07) is 0. The third-order valence-corrected chi connectivity index (χ3v) is 9.26. The third-order valence-electron chi connectivity index (χ3n) is 8.29. The summed E-state index contributed by atoms with van der Waals surface area (Å²) in [4.78, 5) is 0. The Morgan fingerprint density at radius 1 is 1.00 bits per heavy atom. The second-order valence-corrected chi connectivity index (χ2v) is 11.1. The van der Waals surface area contributed by atoms with Crippen molar-refractivity contribution in [3.63, 3.8) is 0 Å². The summed E-state index contributed by atoms with van der Waals surface area (Å²) in [6.07, 6.45) is 13.4. The van der Waals surface area contributed by atoms with Gasteiger partial charge in [0.1, 0.15) is 5.76 Å². The molecule has 4 rings (SSSR count). The molecule has 5 atom stereocenters. The molecular weight excluding hydrogens is 389 g/mol. The molecule has 0 spiro atoms. The van der Waals surface area contributed by atoms with Gasteiger partial charge in [0, 0.05) is 5.41 Å². The van der Waals surface area contributed by atoms with Crippen LogP contribution in [0.4, 0.5) is 13.2 Å². The summed E-state index contributed by atoms with van der Waals surface area (Å²) < 4.78 is 66.2. The predicted octanol–water partition coefficient (Wildman–Crippen LogP) is 6.09. The van der Waals surface area contributed by atoms with Crippen LogP contribution in [-0.4, -0.2) is 13.9 Å². The lowest BCUT2D eigenvalue weighted by molar-refractivity contribution is -0.0545. The molecule has 3 nitrogen and oxygen atoms in total. The van der Waals surface area contributed by atoms with E-state index in [1.54, 1.807) is 0 Å². The van der Waals surface area contributed by atoms with E-state index in [4.69, 9.17) is 0 Å². The van der Waals surface area contributed by atoms with Gasteiger partial charge in [-0.15, -0.1) is 0 Å². The van der Waals surface area contributed by atoms with Gasteiger partial charge in [-0.1, -0.05) is 37.8 Å². The van der Waals surface area contributed by atoms with Crippen molar-refractivity contribution in [3.05, 3.63) is 23.5 Å². The highest BCUT2D eigenvalue weighted by Crippen LogP contribution is 2.64. The molecule has 0 N–H and O–H groups in total. The van der Waals surface area contributed by atoms with E-state index in [2.05, 4.69) is 11.1 Å². The number of rotatable bonds is 2. The van der Waals surface area contributed by atoms with Crippen molar-refractivity contribution in [1.29, 1.82) is 0 Å². The summed E-state index contributed by atoms with van der Waals surface area (Å²) >= 11 is 0. The third kappa shape index (κ3) is 2.94. The van der Waals surface area contributed by atoms with E-state index >= 15 is 0 Å². The van der Waals surface area contributed by atoms with Crippen molar-refractivity contribution in [1.82, 2.24) is 0 Å². The molecule has 3 saturated carbocycles. The van der Waals surface area contributed by atoms with Gasteiger partial charge in [-0.3, -0.25) is 0 Å². The minimum absolute atomic E-state index is 0.0635. The predicted molar refractivity (Wildman–Crippen MR) is 100 cm³/mol. The van der Waals surface area contributed by atoms with Crippen molar-refractivity contribution >= 4 is 10.1 Å². The van der Waals surface area contributed by atoms with E-state index in [9.17, 15) is 21.6 Å². The van der Waals surface area contributed by atoms with E-state index < -0.39 is 21.0 Å². The summed E-state index contributed by atoms with van der Waals surface area (Å²) in [5, 5.41) is 0. The normalized spacial score (nSPS) is 41.1. The van der Waals surface area contributed by atoms with E-state index in [1.165, 1.54) is 38.2 Å². The lowest BCUT2D eigenvalue weighted by Gasteiger charge is -2.56. The van der Waals surface area contributed by atoms with Crippen LogP contribution in [0.5, 0.6) is 0 Å². The first-order valence-electron chi connectivity index (χ1n) is 10.4. The molecule has 4 aliphatic rings. The molecule has 28 heavy (non-hydrogen) atoms. The molecule has 0 aliphatic heterocycles. The van der Waals surface area contributed by atoms with Crippen LogP contribution in [0, 0.1) is 28.6 Å². The molecule has 7 heteroatoms. The first-order chi connectivity index (χ1) is 13.0. The Hall–Kier alpha value is -0.980. The SMILES string of the molecule is C[C@]12CCC3[C@@H](CC[C@@H]4CCCCC[C@]34C)C1=CC=C2OS(=O)(=O)C(F)(F)F. The highest BCUT2D eigenvalue weighted by Gasteiger charge is 2.57. The fourth-order valence-corrected chi connectivity index (χ4v) is 7.29. The van der Waals surface area contributed by atoms with Gasteiger partial charge in [0.2, 0.25) is 0 Å². The Kier molecular flexibility index (Phi) is 4.72. The molecule has 0 aromatic heterocycles. The van der Waals surface area contributed by atoms with Crippen LogP contribution >= 0.6 is 0 Å². The van der Waals surface area contributed by atoms with Crippen LogP contribution in [0.15, 0.2) is 23.5 Å². The standard InChI is InChI=1S/C21H29F3O3S/c1-19-12-5-3-4-6-14(19)7-8-15-16-9-10-18(20(16,2)13-11-17(15)19)27-28(25,26)21(22,23)24/h9-10,14-15,17H,3-8,11-13H2,1-2H3/t14-,15-,17?,19-,20-/m0/s1. The molecule has 0 bridgehead atoms. The van der Waals surface area contributed by atoms with Crippen LogP contribution in [0.3, 0.4) is 0 Å². The minimum atomic E-state index is -5.64. The highest BCUT2D eigenvalue weighted by molar-refractivity contribution is 7.87. The smallest absolute Gasteiger partial charge is 0.380 e. The molecule has 0 heterocycles. The molecule has 158 valence electrons. The van der Waals surface area contributed by atoms with Crippen molar-refractivity contribution < 1.29 is 25.8 Å². The monoisotopic (exact) mass is 418 g/mol. The lowest BCUT2D eigenvalue weighted by Crippen LogP contribution is -2.48. The Morgan fingerprint density at radius 2 is 1.75 bits per heavy atom. The molecule has 1 unspecified atom stereocenters. The number of fused-ring (bicyclic) bond motifs is 5. The average molecular weight is 419 g/mol. The Labute approximate surface area is 165 Å². The first kappa shape index (κ1) is 20.3. The van der Waals surface area contributed by atoms with Crippen LogP contribution in [-0.2, 0) is 14.3 Å². The largest absolute Gasteiger partial charge is 0.534 e. The molecule has 3 fully saturated rings. The molecule has 0 radical (unpaired) electrons. The molecule has 4 aliphatic carbocycles. The number of alkyl halides is 3. The van der Waals surface area contributed by atoms with Gasteiger partial charge < -0.3 is 4.18 Å². The Morgan fingerprint density at radius 3 is 2.46 bits per heavy atom. The topological polar surface area (TPSA) is 43.4 Å². The van der Waals surface area contributed by atoms with Crippen molar-refractivity contribution in [2.45, 2.75) is 77.1 Å². The molecular formula is C21H29F3O3S. The number of halogens is 3. The zero-order valence-electron chi connectivity index (χ0n) is 16.5. The van der Waals surface area contributed by atoms with E-state index in [0.717, 1.165) is 30.8 Å². The van der Waals surface area contributed by atoms with E-state index in [0.29, 0.717) is 18.3 Å². The molecule has 0 aromatic carbocycles.